The monoisotopic (exact) mass is 358 g/mol. The van der Waals surface area contributed by atoms with E-state index in [4.69, 9.17) is 0 Å². The van der Waals surface area contributed by atoms with Gasteiger partial charge in [-0.3, -0.25) is 5.32 Å². The summed E-state index contributed by atoms with van der Waals surface area (Å²) in [5.41, 5.74) is 1.14. The van der Waals surface area contributed by atoms with Crippen LogP contribution < -0.4 is 5.32 Å². The molecule has 2 amide bonds. The van der Waals surface area contributed by atoms with Gasteiger partial charge in [0.2, 0.25) is 5.13 Å². The van der Waals surface area contributed by atoms with Crippen LogP contribution in [0.1, 0.15) is 50.1 Å². The molecule has 0 aliphatic heterocycles. The number of hydrogen-bond donors (Lipinski definition) is 1. The first-order valence-electron chi connectivity index (χ1n) is 9.11. The highest BCUT2D eigenvalue weighted by atomic mass is 32.1. The van der Waals surface area contributed by atoms with Crippen molar-refractivity contribution in [1.82, 2.24) is 15.1 Å². The second-order valence-electron chi connectivity index (χ2n) is 6.73. The number of aryl methyl sites for hydroxylation is 1. The quantitative estimate of drug-likeness (QED) is 0.743. The number of carbonyl (C=O) groups is 1. The summed E-state index contributed by atoms with van der Waals surface area (Å²) in [6.07, 6.45) is 5.57. The van der Waals surface area contributed by atoms with Crippen LogP contribution in [-0.2, 0) is 13.0 Å². The van der Waals surface area contributed by atoms with Crippen LogP contribution in [0.5, 0.6) is 0 Å². The molecule has 1 aliphatic carbocycles. The Morgan fingerprint density at radius 1 is 1.32 bits per heavy atom. The lowest BCUT2D eigenvalue weighted by molar-refractivity contribution is 0.180. The van der Waals surface area contributed by atoms with Gasteiger partial charge in [0.1, 0.15) is 5.01 Å². The van der Waals surface area contributed by atoms with Crippen molar-refractivity contribution in [1.29, 1.82) is 0 Å². The van der Waals surface area contributed by atoms with Crippen LogP contribution in [0.2, 0.25) is 0 Å². The van der Waals surface area contributed by atoms with Gasteiger partial charge in [0, 0.05) is 19.0 Å². The van der Waals surface area contributed by atoms with Gasteiger partial charge in [-0.05, 0) is 37.7 Å². The summed E-state index contributed by atoms with van der Waals surface area (Å²) in [7, 11) is 0. The number of nitrogens with zero attached hydrogens (tertiary/aromatic N) is 3. The molecule has 5 nitrogen and oxygen atoms in total. The number of rotatable bonds is 8. The predicted octanol–water partition coefficient (Wildman–Crippen LogP) is 4.71. The van der Waals surface area contributed by atoms with E-state index in [-0.39, 0.29) is 12.1 Å². The molecule has 1 aliphatic rings. The van der Waals surface area contributed by atoms with Crippen LogP contribution in [0.3, 0.4) is 0 Å². The minimum atomic E-state index is -0.0820. The first kappa shape index (κ1) is 17.9. The Morgan fingerprint density at radius 3 is 2.76 bits per heavy atom. The lowest BCUT2D eigenvalue weighted by atomic mass is 10.1. The van der Waals surface area contributed by atoms with Crippen LogP contribution in [-0.4, -0.2) is 27.2 Å². The molecular formula is C19H26N4OS. The highest BCUT2D eigenvalue weighted by molar-refractivity contribution is 7.15. The van der Waals surface area contributed by atoms with Crippen molar-refractivity contribution in [3.8, 4) is 0 Å². The average Bonchev–Trinajstić information content (AvgIpc) is 3.39. The smallest absolute Gasteiger partial charge is 0.317 e. The molecule has 0 spiro atoms. The van der Waals surface area contributed by atoms with E-state index in [1.54, 1.807) is 0 Å². The first-order valence-corrected chi connectivity index (χ1v) is 9.93. The normalized spacial score (nSPS) is 15.0. The molecule has 0 radical (unpaired) electrons. The fourth-order valence-electron chi connectivity index (χ4n) is 2.91. The van der Waals surface area contributed by atoms with Crippen molar-refractivity contribution in [2.75, 3.05) is 5.32 Å². The summed E-state index contributed by atoms with van der Waals surface area (Å²) in [6.45, 7) is 4.92. The molecule has 1 N–H and O–H groups in total. The zero-order valence-corrected chi connectivity index (χ0v) is 15.8. The van der Waals surface area contributed by atoms with Crippen LogP contribution in [0.15, 0.2) is 30.3 Å². The number of unbranched alkanes of at least 4 members (excludes halogenated alkanes) is 1. The van der Waals surface area contributed by atoms with Crippen LogP contribution in [0.4, 0.5) is 9.93 Å². The Bertz CT molecular complexity index is 684. The van der Waals surface area contributed by atoms with E-state index < -0.39 is 0 Å². The molecule has 1 fully saturated rings. The molecular weight excluding hydrogens is 332 g/mol. The molecule has 1 aromatic carbocycles. The third-order valence-corrected chi connectivity index (χ3v) is 5.58. The van der Waals surface area contributed by atoms with Crippen LogP contribution >= 0.6 is 11.3 Å². The lowest BCUT2D eigenvalue weighted by Gasteiger charge is -2.29. The van der Waals surface area contributed by atoms with Gasteiger partial charge in [0.05, 0.1) is 0 Å². The number of amides is 2. The molecule has 25 heavy (non-hydrogen) atoms. The largest absolute Gasteiger partial charge is 0.324 e. The molecule has 2 aromatic rings. The van der Waals surface area contributed by atoms with Crippen LogP contribution in [0.25, 0.3) is 0 Å². The summed E-state index contributed by atoms with van der Waals surface area (Å²) >= 11 is 1.48. The molecule has 0 bridgehead atoms. The first-order chi connectivity index (χ1) is 12.2. The molecule has 1 saturated carbocycles. The Balaban J connectivity index is 1.67. The SMILES string of the molecule is CCCCc1nnc(NC(=O)N(Cc2ccccc2)C(C)C2CC2)s1. The molecule has 1 atom stereocenters. The van der Waals surface area contributed by atoms with E-state index in [0.717, 1.165) is 29.8 Å². The molecule has 0 saturated heterocycles. The fourth-order valence-corrected chi connectivity index (χ4v) is 3.68. The molecule has 1 aromatic heterocycles. The van der Waals surface area contributed by atoms with Crippen molar-refractivity contribution in [2.45, 2.75) is 58.5 Å². The number of nitrogens with one attached hydrogen (secondary N) is 1. The summed E-state index contributed by atoms with van der Waals surface area (Å²) in [4.78, 5) is 14.8. The van der Waals surface area contributed by atoms with E-state index >= 15 is 0 Å². The third kappa shape index (κ3) is 5.01. The van der Waals surface area contributed by atoms with Crippen molar-refractivity contribution < 1.29 is 4.79 Å². The van der Waals surface area contributed by atoms with Gasteiger partial charge in [-0.15, -0.1) is 10.2 Å². The molecule has 134 valence electrons. The number of aromatic nitrogens is 2. The van der Waals surface area contributed by atoms with Gasteiger partial charge in [0.25, 0.3) is 0 Å². The van der Waals surface area contributed by atoms with Crippen molar-refractivity contribution in [3.63, 3.8) is 0 Å². The minimum absolute atomic E-state index is 0.0820. The maximum absolute atomic E-state index is 12.9. The number of benzene rings is 1. The molecule has 1 heterocycles. The Kier molecular flexibility index (Phi) is 6.02. The van der Waals surface area contributed by atoms with Gasteiger partial charge >= 0.3 is 6.03 Å². The molecule has 3 rings (SSSR count). The van der Waals surface area contributed by atoms with Gasteiger partial charge in [-0.25, -0.2) is 4.79 Å². The van der Waals surface area contributed by atoms with Crippen molar-refractivity contribution >= 4 is 22.5 Å². The van der Waals surface area contributed by atoms with E-state index in [0.29, 0.717) is 17.6 Å². The van der Waals surface area contributed by atoms with E-state index in [1.807, 2.05) is 23.1 Å². The van der Waals surface area contributed by atoms with Gasteiger partial charge in [-0.2, -0.15) is 0 Å². The molecule has 6 heteroatoms. The maximum Gasteiger partial charge on any atom is 0.324 e. The number of anilines is 1. The number of hydrogen-bond acceptors (Lipinski definition) is 4. The van der Waals surface area contributed by atoms with Gasteiger partial charge in [-0.1, -0.05) is 55.0 Å². The van der Waals surface area contributed by atoms with Gasteiger partial charge in [0.15, 0.2) is 0 Å². The topological polar surface area (TPSA) is 58.1 Å². The highest BCUT2D eigenvalue weighted by Gasteiger charge is 2.34. The summed E-state index contributed by atoms with van der Waals surface area (Å²) in [5.74, 6) is 0.615. The number of carbonyl (C=O) groups excluding carboxylic acids is 1. The van der Waals surface area contributed by atoms with Gasteiger partial charge < -0.3 is 4.90 Å². The average molecular weight is 359 g/mol. The Morgan fingerprint density at radius 2 is 2.08 bits per heavy atom. The number of urea groups is 1. The zero-order chi connectivity index (χ0) is 17.6. The summed E-state index contributed by atoms with van der Waals surface area (Å²) < 4.78 is 0. The standard InChI is InChI=1S/C19H26N4OS/c1-3-4-10-17-21-22-18(25-17)20-19(24)23(14(2)16-11-12-16)13-15-8-6-5-7-9-15/h5-9,14,16H,3-4,10-13H2,1-2H3,(H,20,22,24). The van der Waals surface area contributed by atoms with E-state index in [1.165, 1.54) is 24.2 Å². The molecule has 1 unspecified atom stereocenters. The lowest BCUT2D eigenvalue weighted by Crippen LogP contribution is -2.42. The van der Waals surface area contributed by atoms with Crippen LogP contribution in [0, 0.1) is 5.92 Å². The highest BCUT2D eigenvalue weighted by Crippen LogP contribution is 2.36. The summed E-state index contributed by atoms with van der Waals surface area (Å²) in [6, 6.07) is 10.3. The van der Waals surface area contributed by atoms with Crippen molar-refractivity contribution in [2.24, 2.45) is 5.92 Å². The van der Waals surface area contributed by atoms with E-state index in [9.17, 15) is 4.79 Å². The second-order valence-corrected chi connectivity index (χ2v) is 7.79. The van der Waals surface area contributed by atoms with E-state index in [2.05, 4.69) is 41.5 Å². The summed E-state index contributed by atoms with van der Waals surface area (Å²) in [5, 5.41) is 12.8. The predicted molar refractivity (Wildman–Crippen MR) is 102 cm³/mol. The minimum Gasteiger partial charge on any atom is -0.317 e. The fraction of sp³-hybridized carbons (Fsp3) is 0.526. The maximum atomic E-state index is 12.9. The Hall–Kier alpha value is -1.95. The van der Waals surface area contributed by atoms with Crippen molar-refractivity contribution in [3.05, 3.63) is 40.9 Å². The Labute approximate surface area is 153 Å². The zero-order valence-electron chi connectivity index (χ0n) is 14.9. The second kappa shape index (κ2) is 8.43. The third-order valence-electron chi connectivity index (χ3n) is 4.68.